The summed E-state index contributed by atoms with van der Waals surface area (Å²) < 4.78 is 11.2. The Hall–Kier alpha value is -2.89. The van der Waals surface area contributed by atoms with Crippen LogP contribution in [0.2, 0.25) is 0 Å². The number of nitrogens with zero attached hydrogens (tertiary/aromatic N) is 2. The number of aromatic nitrogens is 2. The van der Waals surface area contributed by atoms with Gasteiger partial charge >= 0.3 is 0 Å². The number of methoxy groups -OCH3 is 1. The predicted octanol–water partition coefficient (Wildman–Crippen LogP) is 3.09. The topological polar surface area (TPSA) is 73.3 Å². The summed E-state index contributed by atoms with van der Waals surface area (Å²) in [5.41, 5.74) is 3.91. The summed E-state index contributed by atoms with van der Waals surface area (Å²) >= 11 is 0. The van der Waals surface area contributed by atoms with E-state index in [9.17, 15) is 4.79 Å². The van der Waals surface area contributed by atoms with Crippen molar-refractivity contribution in [2.45, 2.75) is 33.3 Å². The fourth-order valence-corrected chi connectivity index (χ4v) is 3.02. The van der Waals surface area contributed by atoms with Crippen LogP contribution in [0.3, 0.4) is 0 Å². The zero-order chi connectivity index (χ0) is 19.4. The van der Waals surface area contributed by atoms with Crippen LogP contribution in [0.5, 0.6) is 11.6 Å². The molecule has 6 nitrogen and oxygen atoms in total. The molecule has 2 heterocycles. The Kier molecular flexibility index (Phi) is 5.74. The number of nitrogens with one attached hydrogen (secondary N) is 1. The Bertz CT molecular complexity index is 844. The molecule has 0 fully saturated rings. The lowest BCUT2D eigenvalue weighted by Gasteiger charge is -2.13. The first-order valence-electron chi connectivity index (χ1n) is 9.10. The minimum absolute atomic E-state index is 0.0943. The van der Waals surface area contributed by atoms with Crippen molar-refractivity contribution >= 4 is 5.91 Å². The van der Waals surface area contributed by atoms with Gasteiger partial charge < -0.3 is 14.8 Å². The monoisotopic (exact) mass is 367 g/mol. The highest BCUT2D eigenvalue weighted by Gasteiger charge is 2.27. The molecule has 0 saturated carbocycles. The Morgan fingerprint density at radius 1 is 1.37 bits per heavy atom. The van der Waals surface area contributed by atoms with Gasteiger partial charge in [0.2, 0.25) is 11.8 Å². The molecular weight excluding hydrogens is 342 g/mol. The largest absolute Gasteiger partial charge is 0.487 e. The van der Waals surface area contributed by atoms with E-state index in [0.717, 1.165) is 34.6 Å². The number of hydrogen-bond donors (Lipinski definition) is 1. The fourth-order valence-electron chi connectivity index (χ4n) is 3.02. The molecule has 2 aromatic rings. The van der Waals surface area contributed by atoms with Crippen LogP contribution in [-0.2, 0) is 11.2 Å². The molecule has 0 saturated heterocycles. The molecular formula is C21H25N3O3. The molecule has 142 valence electrons. The molecule has 1 amide bonds. The van der Waals surface area contributed by atoms with Crippen molar-refractivity contribution < 1.29 is 14.3 Å². The number of carbonyl (C=O) groups is 1. The Morgan fingerprint density at radius 3 is 2.85 bits per heavy atom. The molecule has 6 heteroatoms. The Morgan fingerprint density at radius 2 is 2.19 bits per heavy atom. The molecule has 27 heavy (non-hydrogen) atoms. The molecule has 1 unspecified atom stereocenters. The lowest BCUT2D eigenvalue weighted by Crippen LogP contribution is -2.33. The zero-order valence-electron chi connectivity index (χ0n) is 16.2. The maximum absolute atomic E-state index is 11.9. The van der Waals surface area contributed by atoms with Gasteiger partial charge in [-0.05, 0) is 42.2 Å². The van der Waals surface area contributed by atoms with Gasteiger partial charge in [0, 0.05) is 18.1 Å². The van der Waals surface area contributed by atoms with Crippen LogP contribution in [0.15, 0.2) is 36.4 Å². The second kappa shape index (κ2) is 8.20. The van der Waals surface area contributed by atoms with E-state index in [2.05, 4.69) is 21.6 Å². The van der Waals surface area contributed by atoms with Gasteiger partial charge in [-0.1, -0.05) is 26.0 Å². The van der Waals surface area contributed by atoms with E-state index < -0.39 is 0 Å². The number of ether oxygens (including phenoxy) is 2. The molecule has 0 radical (unpaired) electrons. The summed E-state index contributed by atoms with van der Waals surface area (Å²) in [5, 5.41) is 11.2. The van der Waals surface area contributed by atoms with Crippen molar-refractivity contribution in [2.75, 3.05) is 13.7 Å². The molecule has 3 rings (SSSR count). The first-order chi connectivity index (χ1) is 13.0. The first kappa shape index (κ1) is 18.9. The highest BCUT2D eigenvalue weighted by molar-refractivity contribution is 5.87. The summed E-state index contributed by atoms with van der Waals surface area (Å²) in [5.74, 6) is 1.54. The van der Waals surface area contributed by atoms with Crippen LogP contribution >= 0.6 is 0 Å². The third-order valence-corrected chi connectivity index (χ3v) is 4.30. The molecule has 1 aliphatic rings. The minimum Gasteiger partial charge on any atom is -0.487 e. The molecule has 1 aromatic heterocycles. The number of carbonyl (C=O) groups excluding carboxylic acids is 1. The summed E-state index contributed by atoms with van der Waals surface area (Å²) in [4.78, 5) is 11.9. The maximum Gasteiger partial charge on any atom is 0.243 e. The van der Waals surface area contributed by atoms with Crippen molar-refractivity contribution in [3.63, 3.8) is 0 Å². The van der Waals surface area contributed by atoms with Crippen LogP contribution in [0.4, 0.5) is 0 Å². The highest BCUT2D eigenvalue weighted by Crippen LogP contribution is 2.39. The van der Waals surface area contributed by atoms with Gasteiger partial charge in [-0.25, -0.2) is 0 Å². The maximum atomic E-state index is 11.9. The third-order valence-electron chi connectivity index (χ3n) is 4.30. The van der Waals surface area contributed by atoms with E-state index in [0.29, 0.717) is 18.3 Å². The SMILES string of the molecule is COc1ccc(-c2cc(C)cc3c2OC(CNC(=O)/C=C/C(C)C)C3)nn1. The fraction of sp³-hybridized carbons (Fsp3) is 0.381. The van der Waals surface area contributed by atoms with E-state index in [1.54, 1.807) is 19.3 Å². The zero-order valence-corrected chi connectivity index (χ0v) is 16.2. The van der Waals surface area contributed by atoms with Crippen LogP contribution in [-0.4, -0.2) is 35.9 Å². The third kappa shape index (κ3) is 4.64. The van der Waals surface area contributed by atoms with Gasteiger partial charge in [0.25, 0.3) is 0 Å². The second-order valence-electron chi connectivity index (χ2n) is 7.05. The first-order valence-corrected chi connectivity index (χ1v) is 9.10. The van der Waals surface area contributed by atoms with E-state index in [-0.39, 0.29) is 12.0 Å². The normalized spacial score (nSPS) is 15.7. The number of amides is 1. The number of benzene rings is 1. The second-order valence-corrected chi connectivity index (χ2v) is 7.05. The van der Waals surface area contributed by atoms with Gasteiger partial charge in [0.1, 0.15) is 11.9 Å². The van der Waals surface area contributed by atoms with Gasteiger partial charge in [0.15, 0.2) is 0 Å². The lowest BCUT2D eigenvalue weighted by molar-refractivity contribution is -0.116. The summed E-state index contributed by atoms with van der Waals surface area (Å²) in [7, 11) is 1.56. The van der Waals surface area contributed by atoms with E-state index in [1.165, 1.54) is 0 Å². The van der Waals surface area contributed by atoms with E-state index >= 15 is 0 Å². The van der Waals surface area contributed by atoms with Gasteiger partial charge in [0.05, 0.1) is 19.3 Å². The Balaban J connectivity index is 1.73. The number of allylic oxidation sites excluding steroid dienone is 1. The summed E-state index contributed by atoms with van der Waals surface area (Å²) in [6, 6.07) is 7.82. The molecule has 0 bridgehead atoms. The molecule has 1 atom stereocenters. The highest BCUT2D eigenvalue weighted by atomic mass is 16.5. The predicted molar refractivity (Wildman–Crippen MR) is 104 cm³/mol. The van der Waals surface area contributed by atoms with Gasteiger partial charge in [-0.3, -0.25) is 4.79 Å². The van der Waals surface area contributed by atoms with Gasteiger partial charge in [-0.2, -0.15) is 0 Å². The number of aryl methyl sites for hydroxylation is 1. The quantitative estimate of drug-likeness (QED) is 0.794. The van der Waals surface area contributed by atoms with Crippen molar-refractivity contribution in [1.29, 1.82) is 0 Å². The smallest absolute Gasteiger partial charge is 0.243 e. The number of rotatable bonds is 6. The minimum atomic E-state index is -0.0966. The van der Waals surface area contributed by atoms with Crippen LogP contribution in [0.25, 0.3) is 11.3 Å². The Labute approximate surface area is 159 Å². The number of hydrogen-bond acceptors (Lipinski definition) is 5. The molecule has 1 N–H and O–H groups in total. The van der Waals surface area contributed by atoms with E-state index in [1.807, 2.05) is 39.0 Å². The molecule has 1 aromatic carbocycles. The number of fused-ring (bicyclic) bond motifs is 1. The van der Waals surface area contributed by atoms with Crippen molar-refractivity contribution in [2.24, 2.45) is 5.92 Å². The van der Waals surface area contributed by atoms with Gasteiger partial charge in [-0.15, -0.1) is 10.2 Å². The van der Waals surface area contributed by atoms with E-state index in [4.69, 9.17) is 9.47 Å². The lowest BCUT2D eigenvalue weighted by atomic mass is 10.0. The van der Waals surface area contributed by atoms with Crippen molar-refractivity contribution in [3.05, 3.63) is 47.5 Å². The van der Waals surface area contributed by atoms with Crippen LogP contribution in [0, 0.1) is 12.8 Å². The van der Waals surface area contributed by atoms with Crippen molar-refractivity contribution in [1.82, 2.24) is 15.5 Å². The molecule has 0 spiro atoms. The summed E-state index contributed by atoms with van der Waals surface area (Å²) in [6.07, 6.45) is 4.11. The summed E-state index contributed by atoms with van der Waals surface area (Å²) in [6.45, 7) is 6.58. The average molecular weight is 367 g/mol. The van der Waals surface area contributed by atoms with Crippen LogP contribution < -0.4 is 14.8 Å². The van der Waals surface area contributed by atoms with Crippen LogP contribution in [0.1, 0.15) is 25.0 Å². The average Bonchev–Trinajstić information content (AvgIpc) is 3.06. The van der Waals surface area contributed by atoms with Crippen molar-refractivity contribution in [3.8, 4) is 22.9 Å². The molecule has 1 aliphatic heterocycles. The molecule has 0 aliphatic carbocycles. The standard InChI is InChI=1S/C21H25N3O3/c1-13(2)5-7-19(25)22-12-16-11-15-9-14(3)10-17(21(15)27-16)18-6-8-20(26-4)24-23-18/h5-10,13,16H,11-12H2,1-4H3,(H,22,25)/b7-5+.